The van der Waals surface area contributed by atoms with Gasteiger partial charge in [-0.3, -0.25) is 4.79 Å². The highest BCUT2D eigenvalue weighted by Crippen LogP contribution is 2.26. The maximum absolute atomic E-state index is 11.4. The predicted octanol–water partition coefficient (Wildman–Crippen LogP) is 6.90. The Morgan fingerprint density at radius 3 is 1.90 bits per heavy atom. The van der Waals surface area contributed by atoms with Gasteiger partial charge in [0.05, 0.1) is 5.92 Å². The van der Waals surface area contributed by atoms with Gasteiger partial charge in [0.15, 0.2) is 5.82 Å². The summed E-state index contributed by atoms with van der Waals surface area (Å²) in [6.07, 6.45) is 11.9. The van der Waals surface area contributed by atoms with Crippen LogP contribution in [-0.2, 0) is 11.2 Å². The van der Waals surface area contributed by atoms with Crippen LogP contribution in [0.25, 0.3) is 22.5 Å². The van der Waals surface area contributed by atoms with Gasteiger partial charge in [0.25, 0.3) is 0 Å². The fraction of sp³-hybridized carbons (Fsp3) is 0.370. The zero-order valence-electron chi connectivity index (χ0n) is 18.6. The topological polar surface area (TPSA) is 63.1 Å². The van der Waals surface area contributed by atoms with Gasteiger partial charge in [0.1, 0.15) is 0 Å². The SMILES string of the molecule is CCCCCCCc1cnc(-c2ccc(-c3ccc(C(CC)C(=O)O)cc3)cc2)nc1. The number of nitrogens with zero attached hydrogens (tertiary/aromatic N) is 2. The first-order valence-corrected chi connectivity index (χ1v) is 11.4. The molecule has 0 aliphatic heterocycles. The molecule has 3 rings (SSSR count). The van der Waals surface area contributed by atoms with Crippen LogP contribution in [0.3, 0.4) is 0 Å². The minimum atomic E-state index is -0.776. The maximum Gasteiger partial charge on any atom is 0.310 e. The monoisotopic (exact) mass is 416 g/mol. The van der Waals surface area contributed by atoms with E-state index in [2.05, 4.69) is 29.0 Å². The Hall–Kier alpha value is -3.01. The van der Waals surface area contributed by atoms with Crippen molar-refractivity contribution in [3.63, 3.8) is 0 Å². The molecule has 0 amide bonds. The van der Waals surface area contributed by atoms with Crippen molar-refractivity contribution < 1.29 is 9.90 Å². The quantitative estimate of drug-likeness (QED) is 0.345. The minimum Gasteiger partial charge on any atom is -0.481 e. The molecule has 1 aromatic heterocycles. The third kappa shape index (κ3) is 6.24. The van der Waals surface area contributed by atoms with E-state index in [0.29, 0.717) is 6.42 Å². The van der Waals surface area contributed by atoms with Crippen LogP contribution in [0.1, 0.15) is 69.4 Å². The third-order valence-electron chi connectivity index (χ3n) is 5.77. The second-order valence-corrected chi connectivity index (χ2v) is 8.08. The Labute approximate surface area is 185 Å². The summed E-state index contributed by atoms with van der Waals surface area (Å²) >= 11 is 0. The van der Waals surface area contributed by atoms with Gasteiger partial charge in [0, 0.05) is 18.0 Å². The summed E-state index contributed by atoms with van der Waals surface area (Å²) in [6.45, 7) is 4.13. The Bertz CT molecular complexity index is 948. The van der Waals surface area contributed by atoms with Crippen LogP contribution in [0.4, 0.5) is 0 Å². The number of hydrogen-bond donors (Lipinski definition) is 1. The van der Waals surface area contributed by atoms with Crippen LogP contribution in [0.15, 0.2) is 60.9 Å². The van der Waals surface area contributed by atoms with Crippen LogP contribution in [0.5, 0.6) is 0 Å². The summed E-state index contributed by atoms with van der Waals surface area (Å²) in [5, 5.41) is 9.33. The highest BCUT2D eigenvalue weighted by atomic mass is 16.4. The fourth-order valence-electron chi connectivity index (χ4n) is 3.84. The fourth-order valence-corrected chi connectivity index (χ4v) is 3.84. The largest absolute Gasteiger partial charge is 0.481 e. The molecule has 31 heavy (non-hydrogen) atoms. The molecule has 2 aromatic carbocycles. The molecule has 4 heteroatoms. The summed E-state index contributed by atoms with van der Waals surface area (Å²) in [6, 6.07) is 16.0. The molecule has 0 fully saturated rings. The van der Waals surface area contributed by atoms with Gasteiger partial charge >= 0.3 is 5.97 Å². The molecule has 1 unspecified atom stereocenters. The molecule has 3 aromatic rings. The number of hydrogen-bond acceptors (Lipinski definition) is 3. The Balaban J connectivity index is 1.63. The van der Waals surface area contributed by atoms with E-state index in [1.807, 2.05) is 55.7 Å². The van der Waals surface area contributed by atoms with Crippen molar-refractivity contribution in [2.75, 3.05) is 0 Å². The molecule has 1 heterocycles. The molecular formula is C27H32N2O2. The van der Waals surface area contributed by atoms with Gasteiger partial charge < -0.3 is 5.11 Å². The first-order chi connectivity index (χ1) is 15.1. The Morgan fingerprint density at radius 1 is 0.806 bits per heavy atom. The molecule has 4 nitrogen and oxygen atoms in total. The molecular weight excluding hydrogens is 384 g/mol. The Morgan fingerprint density at radius 2 is 1.35 bits per heavy atom. The molecule has 1 N–H and O–H groups in total. The maximum atomic E-state index is 11.4. The molecule has 0 saturated carbocycles. The van der Waals surface area contributed by atoms with Gasteiger partial charge in [-0.15, -0.1) is 0 Å². The van der Waals surface area contributed by atoms with Crippen LogP contribution in [0.2, 0.25) is 0 Å². The van der Waals surface area contributed by atoms with Crippen molar-refractivity contribution >= 4 is 5.97 Å². The zero-order valence-corrected chi connectivity index (χ0v) is 18.6. The molecule has 0 saturated heterocycles. The average Bonchev–Trinajstić information content (AvgIpc) is 2.80. The first-order valence-electron chi connectivity index (χ1n) is 11.4. The van der Waals surface area contributed by atoms with E-state index in [1.54, 1.807) is 0 Å². The number of unbranched alkanes of at least 4 members (excludes halogenated alkanes) is 4. The van der Waals surface area contributed by atoms with Crippen LogP contribution >= 0.6 is 0 Å². The molecule has 0 bridgehead atoms. The van der Waals surface area contributed by atoms with Crippen LogP contribution < -0.4 is 0 Å². The molecule has 162 valence electrons. The molecule has 0 radical (unpaired) electrons. The van der Waals surface area contributed by atoms with Crippen molar-refractivity contribution in [2.45, 2.75) is 64.7 Å². The van der Waals surface area contributed by atoms with Crippen LogP contribution in [-0.4, -0.2) is 21.0 Å². The zero-order chi connectivity index (χ0) is 22.1. The van der Waals surface area contributed by atoms with E-state index in [4.69, 9.17) is 0 Å². The van der Waals surface area contributed by atoms with Gasteiger partial charge in [-0.25, -0.2) is 9.97 Å². The van der Waals surface area contributed by atoms with Gasteiger partial charge in [-0.2, -0.15) is 0 Å². The van der Waals surface area contributed by atoms with Gasteiger partial charge in [-0.05, 0) is 41.5 Å². The summed E-state index contributed by atoms with van der Waals surface area (Å²) in [5.74, 6) is -0.487. The van der Waals surface area contributed by atoms with Crippen molar-refractivity contribution in [1.82, 2.24) is 9.97 Å². The van der Waals surface area contributed by atoms with E-state index in [0.717, 1.165) is 34.5 Å². The molecule has 0 aliphatic carbocycles. The summed E-state index contributed by atoms with van der Waals surface area (Å²) in [7, 11) is 0. The second-order valence-electron chi connectivity index (χ2n) is 8.08. The van der Waals surface area contributed by atoms with Crippen LogP contribution in [0, 0.1) is 0 Å². The van der Waals surface area contributed by atoms with Gasteiger partial charge in [0.2, 0.25) is 0 Å². The second kappa shape index (κ2) is 11.4. The summed E-state index contributed by atoms with van der Waals surface area (Å²) in [5.41, 5.74) is 5.18. The summed E-state index contributed by atoms with van der Waals surface area (Å²) in [4.78, 5) is 20.5. The van der Waals surface area contributed by atoms with Crippen molar-refractivity contribution in [1.29, 1.82) is 0 Å². The third-order valence-corrected chi connectivity index (χ3v) is 5.77. The van der Waals surface area contributed by atoms with E-state index in [-0.39, 0.29) is 0 Å². The predicted molar refractivity (Wildman–Crippen MR) is 126 cm³/mol. The number of rotatable bonds is 11. The van der Waals surface area contributed by atoms with Gasteiger partial charge in [-0.1, -0.05) is 88.1 Å². The number of benzene rings is 2. The van der Waals surface area contributed by atoms with E-state index in [1.165, 1.54) is 37.7 Å². The lowest BCUT2D eigenvalue weighted by molar-refractivity contribution is -0.138. The van der Waals surface area contributed by atoms with E-state index in [9.17, 15) is 9.90 Å². The van der Waals surface area contributed by atoms with E-state index < -0.39 is 11.9 Å². The number of carboxylic acid groups (broad SMARTS) is 1. The first kappa shape index (κ1) is 22.7. The lowest BCUT2D eigenvalue weighted by Gasteiger charge is -2.11. The number of aromatic nitrogens is 2. The molecule has 1 atom stereocenters. The Kier molecular flexibility index (Phi) is 8.34. The van der Waals surface area contributed by atoms with Crippen molar-refractivity contribution in [3.05, 3.63) is 72.1 Å². The smallest absolute Gasteiger partial charge is 0.310 e. The normalized spacial score (nSPS) is 11.9. The standard InChI is InChI=1S/C27H32N2O2/c1-3-5-6-7-8-9-20-18-28-26(29-19-20)24-16-12-22(13-17-24)21-10-14-23(15-11-21)25(4-2)27(30)31/h10-19,25H,3-9H2,1-2H3,(H,30,31). The minimum absolute atomic E-state index is 0.451. The average molecular weight is 417 g/mol. The lowest BCUT2D eigenvalue weighted by Crippen LogP contribution is -2.10. The number of carboxylic acids is 1. The molecule has 0 aliphatic rings. The van der Waals surface area contributed by atoms with Crippen molar-refractivity contribution in [3.8, 4) is 22.5 Å². The number of aliphatic carboxylic acids is 1. The highest BCUT2D eigenvalue weighted by molar-refractivity contribution is 5.76. The van der Waals surface area contributed by atoms with E-state index >= 15 is 0 Å². The number of aryl methyl sites for hydroxylation is 1. The van der Waals surface area contributed by atoms with Crippen molar-refractivity contribution in [2.24, 2.45) is 0 Å². The number of carbonyl (C=O) groups is 1. The lowest BCUT2D eigenvalue weighted by atomic mass is 9.94. The highest BCUT2D eigenvalue weighted by Gasteiger charge is 2.17. The molecule has 0 spiro atoms. The summed E-state index contributed by atoms with van der Waals surface area (Å²) < 4.78 is 0.